The van der Waals surface area contributed by atoms with Crippen LogP contribution in [0.15, 0.2) is 23.2 Å². The highest BCUT2D eigenvalue weighted by Crippen LogP contribution is 2.35. The van der Waals surface area contributed by atoms with Gasteiger partial charge in [0.05, 0.1) is 0 Å². The Morgan fingerprint density at radius 2 is 2.25 bits per heavy atom. The Balaban J connectivity index is 1.90. The molecule has 0 spiro atoms. The molecule has 0 aromatic carbocycles. The molecule has 7 heteroatoms. The number of nitrogens with one attached hydrogen (secondary N) is 1. The zero-order valence-corrected chi connectivity index (χ0v) is 12.0. The summed E-state index contributed by atoms with van der Waals surface area (Å²) < 4.78 is 26.9. The minimum absolute atomic E-state index is 0.00403. The quantitative estimate of drug-likeness (QED) is 0.840. The maximum atomic E-state index is 12.7. The molecular formula is C13H16N4O2S. The lowest BCUT2D eigenvalue weighted by Crippen LogP contribution is -2.38. The Morgan fingerprint density at radius 3 is 2.85 bits per heavy atom. The molecule has 2 fully saturated rings. The van der Waals surface area contributed by atoms with Gasteiger partial charge in [-0.1, -0.05) is 0 Å². The number of rotatable bonds is 2. The van der Waals surface area contributed by atoms with E-state index in [2.05, 4.69) is 10.3 Å². The molecule has 0 aliphatic carbocycles. The van der Waals surface area contributed by atoms with Crippen molar-refractivity contribution in [2.45, 2.75) is 17.9 Å². The minimum atomic E-state index is -3.52. The third-order valence-corrected chi connectivity index (χ3v) is 6.27. The molecule has 0 radical (unpaired) electrons. The van der Waals surface area contributed by atoms with E-state index in [4.69, 9.17) is 5.26 Å². The smallest absolute Gasteiger partial charge is 0.244 e. The molecule has 20 heavy (non-hydrogen) atoms. The number of nitrogens with zero attached hydrogens (tertiary/aromatic N) is 3. The summed E-state index contributed by atoms with van der Waals surface area (Å²) in [5, 5.41) is 12.0. The molecule has 106 valence electrons. The van der Waals surface area contributed by atoms with Gasteiger partial charge in [-0.05, 0) is 44.0 Å². The second kappa shape index (κ2) is 4.81. The largest absolute Gasteiger partial charge is 0.316 e. The second-order valence-electron chi connectivity index (χ2n) is 5.39. The van der Waals surface area contributed by atoms with Gasteiger partial charge in [0.2, 0.25) is 10.0 Å². The fourth-order valence-electron chi connectivity index (χ4n) is 3.18. The van der Waals surface area contributed by atoms with Gasteiger partial charge in [-0.25, -0.2) is 13.4 Å². The molecule has 1 aromatic heterocycles. The van der Waals surface area contributed by atoms with Crippen LogP contribution in [-0.4, -0.2) is 43.4 Å². The van der Waals surface area contributed by atoms with Gasteiger partial charge in [0.1, 0.15) is 16.7 Å². The van der Waals surface area contributed by atoms with E-state index in [1.54, 1.807) is 4.31 Å². The van der Waals surface area contributed by atoms with E-state index in [0.717, 1.165) is 13.1 Å². The monoisotopic (exact) mass is 292 g/mol. The Hall–Kier alpha value is -1.49. The molecule has 3 unspecified atom stereocenters. The van der Waals surface area contributed by atoms with Gasteiger partial charge >= 0.3 is 0 Å². The van der Waals surface area contributed by atoms with Crippen molar-refractivity contribution in [1.82, 2.24) is 14.6 Å². The number of pyridine rings is 1. The van der Waals surface area contributed by atoms with E-state index in [9.17, 15) is 8.42 Å². The first-order valence-corrected chi connectivity index (χ1v) is 8.07. The van der Waals surface area contributed by atoms with Crippen molar-refractivity contribution in [2.24, 2.45) is 11.8 Å². The van der Waals surface area contributed by atoms with Crippen molar-refractivity contribution in [3.8, 4) is 6.07 Å². The van der Waals surface area contributed by atoms with Gasteiger partial charge in [-0.3, -0.25) is 0 Å². The van der Waals surface area contributed by atoms with E-state index in [-0.39, 0.29) is 16.6 Å². The number of fused-ring (bicyclic) bond motifs is 1. The summed E-state index contributed by atoms with van der Waals surface area (Å²) in [6.45, 7) is 4.28. The Labute approximate surface area is 118 Å². The second-order valence-corrected chi connectivity index (χ2v) is 7.28. The number of aromatic nitrogens is 1. The average molecular weight is 292 g/mol. The van der Waals surface area contributed by atoms with Crippen LogP contribution in [0.4, 0.5) is 0 Å². The Bertz CT molecular complexity index is 650. The van der Waals surface area contributed by atoms with Gasteiger partial charge in [0.15, 0.2) is 0 Å². The van der Waals surface area contributed by atoms with Gasteiger partial charge in [-0.2, -0.15) is 9.57 Å². The van der Waals surface area contributed by atoms with Gasteiger partial charge in [-0.15, -0.1) is 0 Å². The van der Waals surface area contributed by atoms with E-state index < -0.39 is 10.0 Å². The zero-order chi connectivity index (χ0) is 14.3. The number of sulfonamides is 1. The van der Waals surface area contributed by atoms with Crippen LogP contribution in [0.1, 0.15) is 12.6 Å². The van der Waals surface area contributed by atoms with Gasteiger partial charge < -0.3 is 5.32 Å². The first kappa shape index (κ1) is 13.5. The lowest BCUT2D eigenvalue weighted by Gasteiger charge is -2.23. The predicted octanol–water partition coefficient (Wildman–Crippen LogP) is 0.182. The van der Waals surface area contributed by atoms with Crippen LogP contribution in [-0.2, 0) is 10.0 Å². The highest BCUT2D eigenvalue weighted by Gasteiger charge is 2.46. The van der Waals surface area contributed by atoms with Crippen molar-refractivity contribution >= 4 is 10.0 Å². The van der Waals surface area contributed by atoms with E-state index >= 15 is 0 Å². The van der Waals surface area contributed by atoms with Crippen LogP contribution in [0.5, 0.6) is 0 Å². The highest BCUT2D eigenvalue weighted by molar-refractivity contribution is 7.89. The molecule has 2 aliphatic heterocycles. The first-order chi connectivity index (χ1) is 9.54. The SMILES string of the molecule is CC1C2CNCC2CN1S(=O)(=O)c1ccc(C#N)nc1. The first-order valence-electron chi connectivity index (χ1n) is 6.63. The third-order valence-electron chi connectivity index (χ3n) is 4.34. The Morgan fingerprint density at radius 1 is 1.45 bits per heavy atom. The van der Waals surface area contributed by atoms with Crippen LogP contribution >= 0.6 is 0 Å². The maximum absolute atomic E-state index is 12.7. The summed E-state index contributed by atoms with van der Waals surface area (Å²) in [5.74, 6) is 0.780. The summed E-state index contributed by atoms with van der Waals surface area (Å²) in [6.07, 6.45) is 1.27. The van der Waals surface area contributed by atoms with Gasteiger partial charge in [0.25, 0.3) is 0 Å². The molecule has 6 nitrogen and oxygen atoms in total. The highest BCUT2D eigenvalue weighted by atomic mass is 32.2. The average Bonchev–Trinajstić information content (AvgIpc) is 3.02. The lowest BCUT2D eigenvalue weighted by atomic mass is 9.95. The van der Waals surface area contributed by atoms with Crippen LogP contribution < -0.4 is 5.32 Å². The van der Waals surface area contributed by atoms with E-state index in [1.807, 2.05) is 13.0 Å². The molecule has 2 saturated heterocycles. The Kier molecular flexibility index (Phi) is 3.24. The molecule has 3 atom stereocenters. The van der Waals surface area contributed by atoms with Crippen molar-refractivity contribution in [1.29, 1.82) is 5.26 Å². The summed E-state index contributed by atoms with van der Waals surface area (Å²) in [7, 11) is -3.52. The molecule has 2 aliphatic rings. The molecule has 1 aromatic rings. The fourth-order valence-corrected chi connectivity index (χ4v) is 4.86. The van der Waals surface area contributed by atoms with Crippen LogP contribution in [0.3, 0.4) is 0 Å². The standard InChI is InChI=1S/C13H16N4O2S/c1-9-13-7-15-5-10(13)8-17(9)20(18,19)12-3-2-11(4-14)16-6-12/h2-3,6,9-10,13,15H,5,7-8H2,1H3. The zero-order valence-electron chi connectivity index (χ0n) is 11.2. The molecule has 3 rings (SSSR count). The third kappa shape index (κ3) is 2.00. The molecule has 0 amide bonds. The van der Waals surface area contributed by atoms with Crippen molar-refractivity contribution < 1.29 is 8.42 Å². The van der Waals surface area contributed by atoms with Crippen LogP contribution in [0.2, 0.25) is 0 Å². The van der Waals surface area contributed by atoms with Crippen molar-refractivity contribution in [3.63, 3.8) is 0 Å². The summed E-state index contributed by atoms with van der Waals surface area (Å²) >= 11 is 0. The molecule has 0 saturated carbocycles. The molecular weight excluding hydrogens is 276 g/mol. The molecule has 1 N–H and O–H groups in total. The summed E-state index contributed by atoms with van der Waals surface area (Å²) in [4.78, 5) is 4.02. The number of hydrogen-bond acceptors (Lipinski definition) is 5. The van der Waals surface area contributed by atoms with E-state index in [0.29, 0.717) is 18.4 Å². The van der Waals surface area contributed by atoms with Gasteiger partial charge in [0, 0.05) is 18.8 Å². The molecule has 3 heterocycles. The minimum Gasteiger partial charge on any atom is -0.316 e. The maximum Gasteiger partial charge on any atom is 0.244 e. The van der Waals surface area contributed by atoms with Crippen LogP contribution in [0.25, 0.3) is 0 Å². The summed E-state index contributed by atoms with van der Waals surface area (Å²) in [6, 6.07) is 4.78. The number of hydrogen-bond donors (Lipinski definition) is 1. The van der Waals surface area contributed by atoms with Crippen molar-refractivity contribution in [3.05, 3.63) is 24.0 Å². The fraction of sp³-hybridized carbons (Fsp3) is 0.538. The topological polar surface area (TPSA) is 86.1 Å². The van der Waals surface area contributed by atoms with Crippen molar-refractivity contribution in [2.75, 3.05) is 19.6 Å². The number of nitriles is 1. The predicted molar refractivity (Wildman–Crippen MR) is 72.2 cm³/mol. The lowest BCUT2D eigenvalue weighted by molar-refractivity contribution is 0.360. The normalized spacial score (nSPS) is 30.1. The van der Waals surface area contributed by atoms with Crippen LogP contribution in [0, 0.1) is 23.2 Å². The molecule has 0 bridgehead atoms. The summed E-state index contributed by atoms with van der Waals surface area (Å²) in [5.41, 5.74) is 0.222. The van der Waals surface area contributed by atoms with E-state index in [1.165, 1.54) is 18.3 Å².